The number of nitrogens with zero attached hydrogens (tertiary/aromatic N) is 3. The quantitative estimate of drug-likeness (QED) is 0.622. The first-order chi connectivity index (χ1) is 11.1. The van der Waals surface area contributed by atoms with Crippen LogP contribution in [0.2, 0.25) is 0 Å². The lowest BCUT2D eigenvalue weighted by molar-refractivity contribution is 0.387. The van der Waals surface area contributed by atoms with E-state index < -0.39 is 0 Å². The average Bonchev–Trinajstić information content (AvgIpc) is 2.97. The molecule has 0 atom stereocenters. The molecule has 1 aromatic carbocycles. The number of aromatic nitrogens is 2. The highest BCUT2D eigenvalue weighted by Crippen LogP contribution is 2.18. The fraction of sp³-hybridized carbons (Fsp3) is 0.438. The number of aliphatic imine (C=N–C) groups is 1. The van der Waals surface area contributed by atoms with Crippen LogP contribution < -0.4 is 15.4 Å². The zero-order valence-corrected chi connectivity index (χ0v) is 14.0. The summed E-state index contributed by atoms with van der Waals surface area (Å²) in [6.07, 6.45) is 0.874. The van der Waals surface area contributed by atoms with E-state index in [1.165, 1.54) is 5.56 Å². The monoisotopic (exact) mass is 317 g/mol. The fourth-order valence-corrected chi connectivity index (χ4v) is 2.14. The van der Waals surface area contributed by atoms with Crippen molar-refractivity contribution in [3.63, 3.8) is 0 Å². The first-order valence-electron chi connectivity index (χ1n) is 7.49. The molecule has 0 fully saturated rings. The highest BCUT2D eigenvalue weighted by molar-refractivity contribution is 5.79. The molecule has 0 radical (unpaired) electrons. The van der Waals surface area contributed by atoms with Crippen LogP contribution in [0.4, 0.5) is 0 Å². The fourth-order valence-electron chi connectivity index (χ4n) is 2.14. The van der Waals surface area contributed by atoms with E-state index >= 15 is 0 Å². The molecule has 0 saturated heterocycles. The van der Waals surface area contributed by atoms with Crippen molar-refractivity contribution in [3.8, 4) is 5.75 Å². The largest absolute Gasteiger partial charge is 0.496 e. The molecule has 124 valence electrons. The Morgan fingerprint density at radius 1 is 1.30 bits per heavy atom. The number of methoxy groups -OCH3 is 1. The maximum atomic E-state index is 5.34. The van der Waals surface area contributed by atoms with Crippen LogP contribution in [0, 0.1) is 13.8 Å². The van der Waals surface area contributed by atoms with Gasteiger partial charge in [-0.05, 0) is 30.5 Å². The molecule has 7 nitrogen and oxygen atoms in total. The predicted octanol–water partition coefficient (Wildman–Crippen LogP) is 1.60. The topological polar surface area (TPSA) is 84.6 Å². The van der Waals surface area contributed by atoms with E-state index in [0.29, 0.717) is 24.2 Å². The van der Waals surface area contributed by atoms with Gasteiger partial charge < -0.3 is 19.9 Å². The van der Waals surface area contributed by atoms with Gasteiger partial charge in [0.15, 0.2) is 11.8 Å². The van der Waals surface area contributed by atoms with Crippen LogP contribution >= 0.6 is 0 Å². The molecule has 0 amide bonds. The second-order valence-electron chi connectivity index (χ2n) is 5.14. The molecule has 1 aromatic heterocycles. The van der Waals surface area contributed by atoms with Crippen LogP contribution in [0.25, 0.3) is 0 Å². The van der Waals surface area contributed by atoms with Crippen molar-refractivity contribution < 1.29 is 9.26 Å². The number of rotatable bonds is 6. The summed E-state index contributed by atoms with van der Waals surface area (Å²) in [6, 6.07) is 6.24. The van der Waals surface area contributed by atoms with Gasteiger partial charge in [0.1, 0.15) is 5.75 Å². The van der Waals surface area contributed by atoms with Crippen molar-refractivity contribution in [2.45, 2.75) is 26.8 Å². The minimum atomic E-state index is 0.468. The number of hydrogen-bond acceptors (Lipinski definition) is 5. The van der Waals surface area contributed by atoms with Gasteiger partial charge in [-0.25, -0.2) is 0 Å². The minimum Gasteiger partial charge on any atom is -0.496 e. The molecule has 0 unspecified atom stereocenters. The second-order valence-corrected chi connectivity index (χ2v) is 5.14. The third-order valence-electron chi connectivity index (χ3n) is 3.39. The van der Waals surface area contributed by atoms with Gasteiger partial charge in [0.25, 0.3) is 0 Å². The molecule has 23 heavy (non-hydrogen) atoms. The van der Waals surface area contributed by atoms with Gasteiger partial charge in [-0.15, -0.1) is 0 Å². The highest BCUT2D eigenvalue weighted by Gasteiger charge is 2.04. The molecule has 2 aromatic rings. The molecule has 0 spiro atoms. The maximum absolute atomic E-state index is 5.34. The lowest BCUT2D eigenvalue weighted by Gasteiger charge is -2.11. The molecule has 0 saturated carbocycles. The van der Waals surface area contributed by atoms with Gasteiger partial charge in [0, 0.05) is 20.5 Å². The van der Waals surface area contributed by atoms with E-state index in [9.17, 15) is 0 Å². The predicted molar refractivity (Wildman–Crippen MR) is 88.7 cm³/mol. The van der Waals surface area contributed by atoms with Crippen molar-refractivity contribution in [2.24, 2.45) is 4.99 Å². The number of aryl methyl sites for hydroxylation is 2. The third kappa shape index (κ3) is 4.98. The van der Waals surface area contributed by atoms with Crippen LogP contribution in [-0.2, 0) is 13.0 Å². The van der Waals surface area contributed by atoms with Crippen LogP contribution in [0.5, 0.6) is 5.75 Å². The summed E-state index contributed by atoms with van der Waals surface area (Å²) in [7, 11) is 3.42. The Balaban J connectivity index is 1.79. The number of guanidine groups is 1. The summed E-state index contributed by atoms with van der Waals surface area (Å²) in [6.45, 7) is 5.03. The zero-order valence-electron chi connectivity index (χ0n) is 14.0. The van der Waals surface area contributed by atoms with Crippen LogP contribution in [0.1, 0.15) is 22.8 Å². The summed E-state index contributed by atoms with van der Waals surface area (Å²) in [5.74, 6) is 2.77. The van der Waals surface area contributed by atoms with Gasteiger partial charge in [-0.2, -0.15) is 4.98 Å². The number of ether oxygens (including phenoxy) is 1. The lowest BCUT2D eigenvalue weighted by atomic mass is 10.1. The van der Waals surface area contributed by atoms with E-state index in [1.54, 1.807) is 21.1 Å². The van der Waals surface area contributed by atoms with Crippen molar-refractivity contribution in [1.29, 1.82) is 0 Å². The number of benzene rings is 1. The second kappa shape index (κ2) is 8.17. The zero-order chi connectivity index (χ0) is 16.7. The Labute approximate surface area is 136 Å². The first-order valence-corrected chi connectivity index (χ1v) is 7.49. The summed E-state index contributed by atoms with van der Waals surface area (Å²) in [5, 5.41) is 10.2. The molecule has 0 bridgehead atoms. The number of nitrogens with one attached hydrogen (secondary N) is 2. The minimum absolute atomic E-state index is 0.468. The average molecular weight is 317 g/mol. The Bertz CT molecular complexity index is 666. The standard InChI is InChI=1S/C16H23N5O2/c1-11-5-6-13(9-14(11)22-4)7-8-18-16(17-3)19-10-15-20-12(2)23-21-15/h5-6,9H,7-8,10H2,1-4H3,(H2,17,18,19). The van der Waals surface area contributed by atoms with E-state index in [1.807, 2.05) is 6.92 Å². The molecule has 2 rings (SSSR count). The number of hydrogen-bond donors (Lipinski definition) is 2. The lowest BCUT2D eigenvalue weighted by Crippen LogP contribution is -2.38. The van der Waals surface area contributed by atoms with Crippen LogP contribution in [-0.4, -0.2) is 36.8 Å². The normalized spacial score (nSPS) is 11.4. The Hall–Kier alpha value is -2.57. The molecule has 2 N–H and O–H groups in total. The molecular formula is C16H23N5O2. The Kier molecular flexibility index (Phi) is 5.96. The van der Waals surface area contributed by atoms with E-state index in [0.717, 1.165) is 24.3 Å². The molecule has 0 aliphatic heterocycles. The van der Waals surface area contributed by atoms with Gasteiger partial charge in [0.05, 0.1) is 13.7 Å². The van der Waals surface area contributed by atoms with Crippen molar-refractivity contribution in [2.75, 3.05) is 20.7 Å². The summed E-state index contributed by atoms with van der Waals surface area (Å²) in [5.41, 5.74) is 2.35. The summed E-state index contributed by atoms with van der Waals surface area (Å²) < 4.78 is 10.3. The van der Waals surface area contributed by atoms with Crippen molar-refractivity contribution in [1.82, 2.24) is 20.8 Å². The van der Waals surface area contributed by atoms with Gasteiger partial charge in [-0.1, -0.05) is 17.3 Å². The molecule has 0 aliphatic carbocycles. The maximum Gasteiger partial charge on any atom is 0.223 e. The first kappa shape index (κ1) is 16.8. The molecule has 7 heteroatoms. The van der Waals surface area contributed by atoms with Crippen LogP contribution in [0.3, 0.4) is 0 Å². The Morgan fingerprint density at radius 3 is 2.78 bits per heavy atom. The van der Waals surface area contributed by atoms with Gasteiger partial charge in [0.2, 0.25) is 5.89 Å². The van der Waals surface area contributed by atoms with E-state index in [-0.39, 0.29) is 0 Å². The highest BCUT2D eigenvalue weighted by atomic mass is 16.5. The van der Waals surface area contributed by atoms with Crippen molar-refractivity contribution >= 4 is 5.96 Å². The smallest absolute Gasteiger partial charge is 0.223 e. The van der Waals surface area contributed by atoms with Crippen molar-refractivity contribution in [3.05, 3.63) is 41.0 Å². The van der Waals surface area contributed by atoms with Gasteiger partial charge >= 0.3 is 0 Å². The summed E-state index contributed by atoms with van der Waals surface area (Å²) in [4.78, 5) is 8.31. The molecular weight excluding hydrogens is 294 g/mol. The van der Waals surface area contributed by atoms with E-state index in [2.05, 4.69) is 44.0 Å². The summed E-state index contributed by atoms with van der Waals surface area (Å²) >= 11 is 0. The van der Waals surface area contributed by atoms with Crippen LogP contribution in [0.15, 0.2) is 27.7 Å². The Morgan fingerprint density at radius 2 is 2.13 bits per heavy atom. The van der Waals surface area contributed by atoms with Gasteiger partial charge in [-0.3, -0.25) is 4.99 Å². The SMILES string of the molecule is CN=C(NCCc1ccc(C)c(OC)c1)NCc1noc(C)n1. The molecule has 0 aliphatic rings. The third-order valence-corrected chi connectivity index (χ3v) is 3.39. The van der Waals surface area contributed by atoms with E-state index in [4.69, 9.17) is 9.26 Å². The molecule has 1 heterocycles.